The highest BCUT2D eigenvalue weighted by molar-refractivity contribution is 7.14. The van der Waals surface area contributed by atoms with E-state index < -0.39 is 17.7 Å². The number of hydrogen-bond donors (Lipinski definition) is 3. The monoisotopic (exact) mass is 590 g/mol. The van der Waals surface area contributed by atoms with Crippen molar-refractivity contribution in [3.05, 3.63) is 99.7 Å². The summed E-state index contributed by atoms with van der Waals surface area (Å²) in [5.41, 5.74) is 2.44. The summed E-state index contributed by atoms with van der Waals surface area (Å²) in [5.74, 6) is -1.06. The van der Waals surface area contributed by atoms with E-state index >= 15 is 0 Å². The number of nitrogens with zero attached hydrogens (tertiary/aromatic N) is 3. The first-order valence-corrected chi connectivity index (χ1v) is 13.4. The van der Waals surface area contributed by atoms with E-state index in [0.717, 1.165) is 4.90 Å². The SMILES string of the molecule is CCOc1ccc(N2C(=O)C(Cl)=C(Nc3ccc(C(=O)Nc4nc(-c5ccc(N([O-])O)cc5)cs4)cc3)C2=O)cc1. The number of hydrogen-bond acceptors (Lipinski definition) is 10. The third-order valence-corrected chi connectivity index (χ3v) is 7.07. The molecule has 1 aliphatic rings. The van der Waals surface area contributed by atoms with Gasteiger partial charge >= 0.3 is 0 Å². The van der Waals surface area contributed by atoms with Crippen LogP contribution in [0.2, 0.25) is 0 Å². The Balaban J connectivity index is 1.23. The molecule has 13 heteroatoms. The molecule has 1 aliphatic heterocycles. The van der Waals surface area contributed by atoms with Crippen LogP contribution in [-0.4, -0.2) is 34.5 Å². The fourth-order valence-corrected chi connectivity index (χ4v) is 4.87. The second-order valence-electron chi connectivity index (χ2n) is 8.58. The van der Waals surface area contributed by atoms with E-state index in [9.17, 15) is 19.6 Å². The van der Waals surface area contributed by atoms with E-state index in [0.29, 0.717) is 45.7 Å². The number of anilines is 4. The van der Waals surface area contributed by atoms with Gasteiger partial charge < -0.3 is 20.5 Å². The highest BCUT2D eigenvalue weighted by Crippen LogP contribution is 2.31. The minimum atomic E-state index is -0.654. The largest absolute Gasteiger partial charge is 0.733 e. The molecule has 208 valence electrons. The number of aromatic nitrogens is 1. The van der Waals surface area contributed by atoms with Gasteiger partial charge in [-0.15, -0.1) is 11.3 Å². The van der Waals surface area contributed by atoms with Crippen LogP contribution in [0.25, 0.3) is 11.3 Å². The Bertz CT molecular complexity index is 1640. The van der Waals surface area contributed by atoms with Gasteiger partial charge in [-0.25, -0.2) is 9.88 Å². The fourth-order valence-electron chi connectivity index (χ4n) is 3.95. The smallest absolute Gasteiger partial charge is 0.283 e. The normalized spacial score (nSPS) is 13.0. The second-order valence-corrected chi connectivity index (χ2v) is 9.81. The van der Waals surface area contributed by atoms with Gasteiger partial charge in [-0.2, -0.15) is 0 Å². The summed E-state index contributed by atoms with van der Waals surface area (Å²) in [4.78, 5) is 43.9. The maximum atomic E-state index is 13.0. The highest BCUT2D eigenvalue weighted by Gasteiger charge is 2.39. The predicted octanol–water partition coefficient (Wildman–Crippen LogP) is 5.59. The number of ether oxygens (including phenoxy) is 1. The van der Waals surface area contributed by atoms with Crippen LogP contribution in [-0.2, 0) is 9.59 Å². The predicted molar refractivity (Wildman–Crippen MR) is 156 cm³/mol. The van der Waals surface area contributed by atoms with Crippen molar-refractivity contribution in [1.29, 1.82) is 0 Å². The van der Waals surface area contributed by atoms with E-state index in [1.165, 1.54) is 23.5 Å². The van der Waals surface area contributed by atoms with Crippen LogP contribution in [0.4, 0.5) is 22.2 Å². The molecule has 0 atom stereocenters. The van der Waals surface area contributed by atoms with E-state index in [1.54, 1.807) is 66.0 Å². The summed E-state index contributed by atoms with van der Waals surface area (Å²) in [6.45, 7) is 2.34. The molecule has 3 aromatic carbocycles. The lowest BCUT2D eigenvalue weighted by Gasteiger charge is -2.21. The second kappa shape index (κ2) is 11.8. The molecule has 1 aromatic heterocycles. The number of rotatable bonds is 9. The molecule has 0 saturated carbocycles. The van der Waals surface area contributed by atoms with Crippen LogP contribution in [0.15, 0.2) is 88.9 Å². The van der Waals surface area contributed by atoms with Gasteiger partial charge in [-0.3, -0.25) is 24.9 Å². The Kier molecular flexibility index (Phi) is 7.99. The van der Waals surface area contributed by atoms with Crippen molar-refractivity contribution in [2.24, 2.45) is 0 Å². The van der Waals surface area contributed by atoms with E-state index in [-0.39, 0.29) is 21.6 Å². The lowest BCUT2D eigenvalue weighted by atomic mass is 10.1. The van der Waals surface area contributed by atoms with Gasteiger partial charge in [0, 0.05) is 22.2 Å². The molecular formula is C28H21ClN5O6S-. The Labute approximate surface area is 242 Å². The van der Waals surface area contributed by atoms with Gasteiger partial charge in [0.25, 0.3) is 17.7 Å². The zero-order valence-corrected chi connectivity index (χ0v) is 22.9. The number of nitrogens with one attached hydrogen (secondary N) is 2. The summed E-state index contributed by atoms with van der Waals surface area (Å²) >= 11 is 7.45. The summed E-state index contributed by atoms with van der Waals surface area (Å²) in [7, 11) is 0. The zero-order valence-electron chi connectivity index (χ0n) is 21.3. The molecule has 0 spiro atoms. The maximum absolute atomic E-state index is 13.0. The number of benzene rings is 3. The number of carbonyl (C=O) groups excluding carboxylic acids is 3. The molecule has 11 nitrogen and oxygen atoms in total. The van der Waals surface area contributed by atoms with Gasteiger partial charge in [0.05, 0.1) is 23.7 Å². The Morgan fingerprint density at radius 3 is 2.37 bits per heavy atom. The quantitative estimate of drug-likeness (QED) is 0.168. The first kappa shape index (κ1) is 27.8. The van der Waals surface area contributed by atoms with Crippen LogP contribution in [0, 0.1) is 5.21 Å². The maximum Gasteiger partial charge on any atom is 0.283 e. The van der Waals surface area contributed by atoms with Crippen molar-refractivity contribution in [3.8, 4) is 17.0 Å². The van der Waals surface area contributed by atoms with Crippen LogP contribution in [0.3, 0.4) is 0 Å². The Hall–Kier alpha value is -4.75. The lowest BCUT2D eigenvalue weighted by Crippen LogP contribution is -2.32. The minimum absolute atomic E-state index is 0.0759. The van der Waals surface area contributed by atoms with Crippen LogP contribution in [0.1, 0.15) is 17.3 Å². The van der Waals surface area contributed by atoms with Crippen molar-refractivity contribution in [3.63, 3.8) is 0 Å². The van der Waals surface area contributed by atoms with E-state index in [2.05, 4.69) is 15.6 Å². The van der Waals surface area contributed by atoms with Gasteiger partial charge in [0.15, 0.2) is 5.13 Å². The summed E-state index contributed by atoms with van der Waals surface area (Å²) in [6, 6.07) is 18.9. The highest BCUT2D eigenvalue weighted by atomic mass is 35.5. The van der Waals surface area contributed by atoms with Gasteiger partial charge in [-0.05, 0) is 67.6 Å². The van der Waals surface area contributed by atoms with Gasteiger partial charge in [0.1, 0.15) is 16.5 Å². The van der Waals surface area contributed by atoms with Crippen LogP contribution < -0.4 is 25.5 Å². The van der Waals surface area contributed by atoms with E-state index in [4.69, 9.17) is 21.5 Å². The molecule has 0 fully saturated rings. The molecule has 5 rings (SSSR count). The summed E-state index contributed by atoms with van der Waals surface area (Å²) < 4.78 is 5.40. The number of amides is 3. The standard InChI is InChI=1S/C28H21ClN5O6S/c1-2-40-21-13-11-19(12-14-21)33-26(36)23(29)24(27(33)37)30-18-7-3-17(4-8-18)25(35)32-28-31-22(15-41-28)16-5-9-20(10-6-16)34(38)39/h3-15,30,38H,2H2,1H3,(H,31,32,35)/q-1. The molecular weight excluding hydrogens is 570 g/mol. The topological polar surface area (TPSA) is 147 Å². The average Bonchev–Trinajstić information content (AvgIpc) is 3.52. The molecule has 0 saturated heterocycles. The molecule has 0 radical (unpaired) electrons. The molecule has 0 bridgehead atoms. The minimum Gasteiger partial charge on any atom is -0.733 e. The molecule has 3 amide bonds. The van der Waals surface area contributed by atoms with E-state index in [1.807, 2.05) is 6.92 Å². The number of halogens is 1. The van der Waals surface area contributed by atoms with Crippen molar-refractivity contribution >= 4 is 62.9 Å². The van der Waals surface area contributed by atoms with Crippen molar-refractivity contribution in [1.82, 2.24) is 4.98 Å². The Morgan fingerprint density at radius 1 is 1.05 bits per heavy atom. The van der Waals surface area contributed by atoms with Crippen LogP contribution >= 0.6 is 22.9 Å². The Morgan fingerprint density at radius 2 is 1.73 bits per heavy atom. The van der Waals surface area contributed by atoms with Gasteiger partial charge in [-0.1, -0.05) is 23.7 Å². The lowest BCUT2D eigenvalue weighted by molar-refractivity contribution is -0.120. The first-order valence-electron chi connectivity index (χ1n) is 12.2. The average molecular weight is 591 g/mol. The molecule has 0 unspecified atom stereocenters. The summed E-state index contributed by atoms with van der Waals surface area (Å²) in [5, 5.41) is 27.2. The molecule has 41 heavy (non-hydrogen) atoms. The number of thiazole rings is 1. The molecule has 2 heterocycles. The third-order valence-electron chi connectivity index (χ3n) is 5.96. The molecule has 3 N–H and O–H groups in total. The van der Waals surface area contributed by atoms with Crippen molar-refractivity contribution in [2.75, 3.05) is 27.4 Å². The summed E-state index contributed by atoms with van der Waals surface area (Å²) in [6.07, 6.45) is 0. The van der Waals surface area contributed by atoms with Crippen molar-refractivity contribution in [2.45, 2.75) is 6.92 Å². The van der Waals surface area contributed by atoms with Crippen molar-refractivity contribution < 1.29 is 24.3 Å². The number of carbonyl (C=O) groups is 3. The van der Waals surface area contributed by atoms with Crippen LogP contribution in [0.5, 0.6) is 5.75 Å². The van der Waals surface area contributed by atoms with Gasteiger partial charge in [0.2, 0.25) is 0 Å². The zero-order chi connectivity index (χ0) is 29.1. The molecule has 0 aliphatic carbocycles. The molecule has 4 aromatic rings. The number of imide groups is 1. The first-order chi connectivity index (χ1) is 19.7. The fraction of sp³-hybridized carbons (Fsp3) is 0.0714. The third kappa shape index (κ3) is 5.90.